The van der Waals surface area contributed by atoms with Crippen LogP contribution in [-0.2, 0) is 10.0 Å². The van der Waals surface area contributed by atoms with Crippen molar-refractivity contribution in [3.05, 3.63) is 34.2 Å². The number of sulfonamides is 1. The molecule has 2 aromatic rings. The maximum Gasteiger partial charge on any atom is 0.232 e. The van der Waals surface area contributed by atoms with E-state index < -0.39 is 15.8 Å². The van der Waals surface area contributed by atoms with Crippen LogP contribution in [0.25, 0.3) is 0 Å². The van der Waals surface area contributed by atoms with E-state index in [4.69, 9.17) is 4.63 Å². The van der Waals surface area contributed by atoms with Gasteiger partial charge in [-0.05, 0) is 57.3 Å². The number of hydrogen-bond donors (Lipinski definition) is 4. The molecule has 3 rings (SSSR count). The molecule has 0 atom stereocenters. The van der Waals surface area contributed by atoms with Crippen LogP contribution in [0.4, 0.5) is 10.1 Å². The van der Waals surface area contributed by atoms with E-state index in [2.05, 4.69) is 46.3 Å². The minimum absolute atomic E-state index is 0.0378. The van der Waals surface area contributed by atoms with E-state index in [0.717, 1.165) is 31.9 Å². The normalized spacial score (nSPS) is 15.9. The summed E-state index contributed by atoms with van der Waals surface area (Å²) in [6.07, 6.45) is 6.39. The SMILES string of the molecule is CS(=O)(=O)NC(=NCCSc1nonc1C(=Nc1ccc(F)c(Br)c1)NO)NC1CCCCC1. The molecule has 1 aromatic carbocycles. The molecule has 4 N–H and O–H groups in total. The minimum Gasteiger partial charge on any atom is -0.353 e. The first-order valence-electron chi connectivity index (χ1n) is 10.4. The van der Waals surface area contributed by atoms with E-state index in [1.807, 2.05) is 5.48 Å². The van der Waals surface area contributed by atoms with Crippen molar-refractivity contribution in [2.45, 2.75) is 43.2 Å². The first kappa shape index (κ1) is 26.4. The number of benzene rings is 1. The first-order valence-corrected chi connectivity index (χ1v) is 14.1. The molecule has 11 nitrogen and oxygen atoms in total. The van der Waals surface area contributed by atoms with Crippen molar-refractivity contribution in [3.8, 4) is 0 Å². The number of rotatable bonds is 8. The number of nitrogens with zero attached hydrogens (tertiary/aromatic N) is 4. The van der Waals surface area contributed by atoms with Crippen molar-refractivity contribution >= 4 is 55.2 Å². The van der Waals surface area contributed by atoms with Gasteiger partial charge in [0.1, 0.15) is 5.82 Å². The van der Waals surface area contributed by atoms with E-state index in [1.165, 1.54) is 36.4 Å². The Morgan fingerprint density at radius 3 is 2.76 bits per heavy atom. The predicted molar refractivity (Wildman–Crippen MR) is 131 cm³/mol. The molecule has 0 amide bonds. The van der Waals surface area contributed by atoms with Crippen LogP contribution in [0.3, 0.4) is 0 Å². The van der Waals surface area contributed by atoms with Gasteiger partial charge in [0.05, 0.1) is 23.0 Å². The summed E-state index contributed by atoms with van der Waals surface area (Å²) in [6, 6.07) is 4.29. The van der Waals surface area contributed by atoms with Gasteiger partial charge in [0, 0.05) is 11.8 Å². The third kappa shape index (κ3) is 8.21. The monoisotopic (exact) mass is 577 g/mol. The van der Waals surface area contributed by atoms with E-state index in [0.29, 0.717) is 16.5 Å². The minimum atomic E-state index is -3.48. The van der Waals surface area contributed by atoms with Gasteiger partial charge in [0.25, 0.3) is 0 Å². The summed E-state index contributed by atoms with van der Waals surface area (Å²) in [5.41, 5.74) is 2.48. The summed E-state index contributed by atoms with van der Waals surface area (Å²) in [5.74, 6) is 0.155. The summed E-state index contributed by atoms with van der Waals surface area (Å²) < 4.78 is 44.3. The molecule has 0 unspecified atom stereocenters. The molecular formula is C19H25BrFN7O4S2. The molecule has 0 bridgehead atoms. The van der Waals surface area contributed by atoms with Crippen molar-refractivity contribution in [3.63, 3.8) is 0 Å². The lowest BCUT2D eigenvalue weighted by Gasteiger charge is -2.24. The molecule has 15 heteroatoms. The Morgan fingerprint density at radius 2 is 2.09 bits per heavy atom. The molecule has 1 heterocycles. The lowest BCUT2D eigenvalue weighted by molar-refractivity contribution is 0.234. The van der Waals surface area contributed by atoms with Crippen LogP contribution in [0, 0.1) is 5.82 Å². The van der Waals surface area contributed by atoms with Crippen LogP contribution in [0.5, 0.6) is 0 Å². The first-order chi connectivity index (χ1) is 16.2. The highest BCUT2D eigenvalue weighted by Gasteiger charge is 2.18. The lowest BCUT2D eigenvalue weighted by Crippen LogP contribution is -2.46. The van der Waals surface area contributed by atoms with Gasteiger partial charge in [0.2, 0.25) is 16.0 Å². The van der Waals surface area contributed by atoms with Crippen molar-refractivity contribution in [1.82, 2.24) is 25.8 Å². The average Bonchev–Trinajstić information content (AvgIpc) is 3.25. The molecule has 0 saturated heterocycles. The Bertz CT molecular complexity index is 1140. The second-order valence-electron chi connectivity index (χ2n) is 7.52. The van der Waals surface area contributed by atoms with Gasteiger partial charge < -0.3 is 5.32 Å². The Morgan fingerprint density at radius 1 is 1.32 bits per heavy atom. The van der Waals surface area contributed by atoms with Crippen LogP contribution in [0.2, 0.25) is 0 Å². The molecule has 0 radical (unpaired) electrons. The maximum atomic E-state index is 13.5. The van der Waals surface area contributed by atoms with Crippen LogP contribution in [0.15, 0.2) is 42.3 Å². The van der Waals surface area contributed by atoms with Gasteiger partial charge in [-0.2, -0.15) is 0 Å². The number of thioether (sulfide) groups is 1. The number of guanidine groups is 1. The lowest BCUT2D eigenvalue weighted by atomic mass is 9.96. The Kier molecular flexibility index (Phi) is 9.67. The van der Waals surface area contributed by atoms with Gasteiger partial charge in [-0.25, -0.2) is 22.4 Å². The molecule has 1 aliphatic rings. The number of aliphatic imine (C=N–C) groups is 2. The van der Waals surface area contributed by atoms with Gasteiger partial charge >= 0.3 is 0 Å². The van der Waals surface area contributed by atoms with Crippen LogP contribution in [-0.4, -0.2) is 60.3 Å². The van der Waals surface area contributed by atoms with Crippen molar-refractivity contribution in [2.75, 3.05) is 18.6 Å². The highest BCUT2D eigenvalue weighted by molar-refractivity contribution is 9.10. The summed E-state index contributed by atoms with van der Waals surface area (Å²) in [6.45, 7) is 0.276. The fraction of sp³-hybridized carbons (Fsp3) is 0.474. The quantitative estimate of drug-likeness (QED) is 0.122. The van der Waals surface area contributed by atoms with Gasteiger partial charge in [-0.15, -0.1) is 0 Å². The zero-order valence-electron chi connectivity index (χ0n) is 18.3. The molecule has 0 aliphatic heterocycles. The summed E-state index contributed by atoms with van der Waals surface area (Å²) in [7, 11) is -3.48. The number of halogens is 2. The largest absolute Gasteiger partial charge is 0.353 e. The summed E-state index contributed by atoms with van der Waals surface area (Å²) in [5, 5.41) is 20.7. The Hall–Kier alpha value is -2.23. The third-order valence-corrected chi connectivity index (χ3v) is 6.86. The zero-order valence-corrected chi connectivity index (χ0v) is 21.5. The highest BCUT2D eigenvalue weighted by atomic mass is 79.9. The molecular weight excluding hydrogens is 553 g/mol. The Labute approximate surface area is 209 Å². The number of nitrogens with one attached hydrogen (secondary N) is 3. The molecule has 1 aromatic heterocycles. The van der Waals surface area contributed by atoms with E-state index >= 15 is 0 Å². The molecule has 1 fully saturated rings. The van der Waals surface area contributed by atoms with Gasteiger partial charge in [0.15, 0.2) is 16.6 Å². The number of amidine groups is 1. The molecule has 0 spiro atoms. The number of aromatic nitrogens is 2. The third-order valence-electron chi connectivity index (χ3n) is 4.76. The van der Waals surface area contributed by atoms with Crippen LogP contribution < -0.4 is 15.5 Å². The fourth-order valence-corrected chi connectivity index (χ4v) is 4.83. The van der Waals surface area contributed by atoms with Gasteiger partial charge in [-0.1, -0.05) is 31.0 Å². The second-order valence-corrected chi connectivity index (χ2v) is 11.2. The smallest absolute Gasteiger partial charge is 0.232 e. The molecule has 1 saturated carbocycles. The maximum absolute atomic E-state index is 13.5. The van der Waals surface area contributed by atoms with Crippen LogP contribution >= 0.6 is 27.7 Å². The standard InChI is InChI=1S/C19H25BrFN7O4S2/c1-34(30,31)28-19(24-12-5-3-2-4-6-12)22-9-10-33-18-16(26-32-27-18)17(25-29)23-13-7-8-15(21)14(20)11-13/h7-8,11-12,29H,2-6,9-10H2,1H3,(H,23,25)(H2,22,24,28). The molecule has 1 aliphatic carbocycles. The van der Waals surface area contributed by atoms with E-state index in [9.17, 15) is 18.0 Å². The second kappa shape index (κ2) is 12.5. The number of hydroxylamine groups is 1. The van der Waals surface area contributed by atoms with Crippen molar-refractivity contribution in [1.29, 1.82) is 0 Å². The van der Waals surface area contributed by atoms with E-state index in [-0.39, 0.29) is 34.5 Å². The zero-order chi connectivity index (χ0) is 24.6. The topological polar surface area (TPSA) is 154 Å². The highest BCUT2D eigenvalue weighted by Crippen LogP contribution is 2.24. The van der Waals surface area contributed by atoms with Gasteiger partial charge in [-0.3, -0.25) is 20.4 Å². The summed E-state index contributed by atoms with van der Waals surface area (Å²) in [4.78, 5) is 8.58. The molecule has 186 valence electrons. The summed E-state index contributed by atoms with van der Waals surface area (Å²) >= 11 is 4.32. The number of hydrogen-bond acceptors (Lipinski definition) is 9. The predicted octanol–water partition coefficient (Wildman–Crippen LogP) is 2.95. The fourth-order valence-electron chi connectivity index (χ4n) is 3.26. The van der Waals surface area contributed by atoms with Crippen molar-refractivity contribution in [2.24, 2.45) is 9.98 Å². The Balaban J connectivity index is 1.65. The van der Waals surface area contributed by atoms with Crippen molar-refractivity contribution < 1.29 is 22.6 Å². The molecule has 34 heavy (non-hydrogen) atoms. The average molecular weight is 578 g/mol. The van der Waals surface area contributed by atoms with Crippen LogP contribution in [0.1, 0.15) is 37.8 Å². The van der Waals surface area contributed by atoms with E-state index in [1.54, 1.807) is 0 Å².